The van der Waals surface area contributed by atoms with E-state index < -0.39 is 5.82 Å². The lowest BCUT2D eigenvalue weighted by molar-refractivity contribution is 0.318. The van der Waals surface area contributed by atoms with Crippen LogP contribution in [-0.4, -0.2) is 11.0 Å². The number of hydrogen-bond acceptors (Lipinski definition) is 3. The number of oxime groups is 1. The van der Waals surface area contributed by atoms with Gasteiger partial charge in [0.15, 0.2) is 5.84 Å². The van der Waals surface area contributed by atoms with Crippen molar-refractivity contribution in [1.82, 2.24) is 0 Å². The highest BCUT2D eigenvalue weighted by Crippen LogP contribution is 2.31. The van der Waals surface area contributed by atoms with Crippen LogP contribution in [0.15, 0.2) is 61.9 Å². The quantitative estimate of drug-likeness (QED) is 0.386. The summed E-state index contributed by atoms with van der Waals surface area (Å²) in [4.78, 5) is 1.40. The van der Waals surface area contributed by atoms with Crippen molar-refractivity contribution < 1.29 is 9.60 Å². The fourth-order valence-corrected chi connectivity index (χ4v) is 2.89. The van der Waals surface area contributed by atoms with Crippen molar-refractivity contribution in [2.45, 2.75) is 9.79 Å². The van der Waals surface area contributed by atoms with Crippen molar-refractivity contribution in [1.29, 1.82) is 0 Å². The van der Waals surface area contributed by atoms with Gasteiger partial charge in [0.2, 0.25) is 0 Å². The third-order valence-electron chi connectivity index (χ3n) is 2.36. The lowest BCUT2D eigenvalue weighted by atomic mass is 10.2. The largest absolute Gasteiger partial charge is 0.409 e. The Morgan fingerprint density at radius 1 is 1.26 bits per heavy atom. The van der Waals surface area contributed by atoms with Crippen LogP contribution in [-0.2, 0) is 0 Å². The summed E-state index contributed by atoms with van der Waals surface area (Å²) in [5.41, 5.74) is 5.75. The molecule has 0 spiro atoms. The van der Waals surface area contributed by atoms with Gasteiger partial charge in [-0.15, -0.1) is 0 Å². The van der Waals surface area contributed by atoms with Gasteiger partial charge in [0.1, 0.15) is 5.82 Å². The Balaban J connectivity index is 2.27. The van der Waals surface area contributed by atoms with E-state index in [9.17, 15) is 4.39 Å². The van der Waals surface area contributed by atoms with E-state index in [1.165, 1.54) is 17.8 Å². The van der Waals surface area contributed by atoms with Crippen molar-refractivity contribution in [3.8, 4) is 0 Å². The molecule has 0 aliphatic heterocycles. The highest BCUT2D eigenvalue weighted by molar-refractivity contribution is 9.10. The average Bonchev–Trinajstić information content (AvgIpc) is 2.40. The summed E-state index contributed by atoms with van der Waals surface area (Å²) >= 11 is 4.68. The predicted molar refractivity (Wildman–Crippen MR) is 77.2 cm³/mol. The van der Waals surface area contributed by atoms with Crippen LogP contribution in [0, 0.1) is 5.82 Å². The van der Waals surface area contributed by atoms with Gasteiger partial charge in [0, 0.05) is 19.8 Å². The Morgan fingerprint density at radius 3 is 2.68 bits per heavy atom. The first kappa shape index (κ1) is 13.9. The zero-order chi connectivity index (χ0) is 13.8. The molecule has 0 aliphatic rings. The number of halogens is 2. The summed E-state index contributed by atoms with van der Waals surface area (Å²) in [5, 5.41) is 11.4. The second-order valence-corrected chi connectivity index (χ2v) is 5.72. The van der Waals surface area contributed by atoms with Gasteiger partial charge in [-0.05, 0) is 36.4 Å². The van der Waals surface area contributed by atoms with Crippen molar-refractivity contribution >= 4 is 33.5 Å². The fraction of sp³-hybridized carbons (Fsp3) is 0. The van der Waals surface area contributed by atoms with Gasteiger partial charge in [0.25, 0.3) is 0 Å². The number of amidine groups is 1. The van der Waals surface area contributed by atoms with Gasteiger partial charge in [-0.1, -0.05) is 38.9 Å². The first-order chi connectivity index (χ1) is 9.10. The molecule has 19 heavy (non-hydrogen) atoms. The van der Waals surface area contributed by atoms with E-state index in [4.69, 9.17) is 10.9 Å². The maximum Gasteiger partial charge on any atom is 0.170 e. The molecule has 0 saturated carbocycles. The summed E-state index contributed by atoms with van der Waals surface area (Å²) in [6, 6.07) is 12.0. The van der Waals surface area contributed by atoms with E-state index in [1.807, 2.05) is 24.3 Å². The minimum Gasteiger partial charge on any atom is -0.409 e. The van der Waals surface area contributed by atoms with Crippen LogP contribution in [0.3, 0.4) is 0 Å². The smallest absolute Gasteiger partial charge is 0.170 e. The molecule has 0 fully saturated rings. The van der Waals surface area contributed by atoms with Crippen molar-refractivity contribution in [3.05, 3.63) is 58.3 Å². The van der Waals surface area contributed by atoms with Gasteiger partial charge >= 0.3 is 0 Å². The van der Waals surface area contributed by atoms with Gasteiger partial charge < -0.3 is 10.9 Å². The second kappa shape index (κ2) is 6.08. The summed E-state index contributed by atoms with van der Waals surface area (Å²) in [6.45, 7) is 0. The molecule has 0 heterocycles. The van der Waals surface area contributed by atoms with E-state index in [2.05, 4.69) is 21.1 Å². The monoisotopic (exact) mass is 340 g/mol. The molecular weight excluding hydrogens is 331 g/mol. The normalized spacial score (nSPS) is 11.6. The number of nitrogens with two attached hydrogens (primary N) is 1. The lowest BCUT2D eigenvalue weighted by Crippen LogP contribution is -2.13. The molecule has 2 aromatic rings. The molecule has 0 unspecified atom stereocenters. The molecule has 0 aromatic heterocycles. The first-order valence-corrected chi connectivity index (χ1v) is 6.92. The summed E-state index contributed by atoms with van der Waals surface area (Å²) in [5.74, 6) is -0.521. The molecular formula is C13H10BrFN2OS. The third kappa shape index (κ3) is 3.48. The van der Waals surface area contributed by atoms with E-state index in [-0.39, 0.29) is 5.84 Å². The molecule has 0 atom stereocenters. The molecule has 0 amide bonds. The first-order valence-electron chi connectivity index (χ1n) is 5.31. The summed E-state index contributed by atoms with van der Waals surface area (Å²) in [7, 11) is 0. The molecule has 0 radical (unpaired) electrons. The Labute approximate surface area is 122 Å². The predicted octanol–water partition coefficient (Wildman–Crippen LogP) is 3.83. The van der Waals surface area contributed by atoms with Crippen LogP contribution in [0.2, 0.25) is 0 Å². The van der Waals surface area contributed by atoms with E-state index in [0.717, 1.165) is 9.37 Å². The summed E-state index contributed by atoms with van der Waals surface area (Å²) < 4.78 is 14.8. The van der Waals surface area contributed by atoms with Gasteiger partial charge in [-0.3, -0.25) is 0 Å². The topological polar surface area (TPSA) is 58.6 Å². The van der Waals surface area contributed by atoms with Gasteiger partial charge in [-0.2, -0.15) is 0 Å². The third-order valence-corrected chi connectivity index (χ3v) is 3.89. The minimum absolute atomic E-state index is 0.113. The SMILES string of the molecule is NC(=NO)c1ccc(Sc2cccc(Br)c2)c(F)c1. The van der Waals surface area contributed by atoms with Crippen LogP contribution in [0.5, 0.6) is 0 Å². The van der Waals surface area contributed by atoms with Crippen molar-refractivity contribution in [3.63, 3.8) is 0 Å². The maximum atomic E-state index is 13.9. The molecule has 6 heteroatoms. The Kier molecular flexibility index (Phi) is 4.44. The average molecular weight is 341 g/mol. The minimum atomic E-state index is -0.408. The Hall–Kier alpha value is -1.53. The molecule has 2 aromatic carbocycles. The Morgan fingerprint density at radius 2 is 2.05 bits per heavy atom. The van der Waals surface area contributed by atoms with E-state index >= 15 is 0 Å². The number of nitrogens with zero attached hydrogens (tertiary/aromatic N) is 1. The van der Waals surface area contributed by atoms with E-state index in [0.29, 0.717) is 10.5 Å². The second-order valence-electron chi connectivity index (χ2n) is 3.69. The van der Waals surface area contributed by atoms with Crippen molar-refractivity contribution in [2.24, 2.45) is 10.9 Å². The number of rotatable bonds is 3. The van der Waals surface area contributed by atoms with Gasteiger partial charge in [-0.25, -0.2) is 4.39 Å². The molecule has 3 nitrogen and oxygen atoms in total. The van der Waals surface area contributed by atoms with Gasteiger partial charge in [0.05, 0.1) is 0 Å². The zero-order valence-electron chi connectivity index (χ0n) is 9.68. The molecule has 0 bridgehead atoms. The van der Waals surface area contributed by atoms with E-state index in [1.54, 1.807) is 12.1 Å². The van der Waals surface area contributed by atoms with Crippen LogP contribution >= 0.6 is 27.7 Å². The molecule has 3 N–H and O–H groups in total. The van der Waals surface area contributed by atoms with Crippen LogP contribution in [0.1, 0.15) is 5.56 Å². The fourth-order valence-electron chi connectivity index (χ4n) is 1.46. The Bertz CT molecular complexity index is 634. The molecule has 2 rings (SSSR count). The van der Waals surface area contributed by atoms with Crippen LogP contribution in [0.25, 0.3) is 0 Å². The number of benzene rings is 2. The zero-order valence-corrected chi connectivity index (χ0v) is 12.1. The standard InChI is InChI=1S/C13H10BrFN2OS/c14-9-2-1-3-10(7-9)19-12-5-4-8(6-11(12)15)13(16)17-18/h1-7,18H,(H2,16,17). The molecule has 98 valence electrons. The van der Waals surface area contributed by atoms with Crippen LogP contribution < -0.4 is 5.73 Å². The molecule has 0 saturated heterocycles. The lowest BCUT2D eigenvalue weighted by Gasteiger charge is -2.05. The molecule has 0 aliphatic carbocycles. The highest BCUT2D eigenvalue weighted by atomic mass is 79.9. The number of hydrogen-bond donors (Lipinski definition) is 2. The maximum absolute atomic E-state index is 13.9. The highest BCUT2D eigenvalue weighted by Gasteiger charge is 2.08. The van der Waals surface area contributed by atoms with Crippen molar-refractivity contribution in [2.75, 3.05) is 0 Å². The summed E-state index contributed by atoms with van der Waals surface area (Å²) in [6.07, 6.45) is 0. The van der Waals surface area contributed by atoms with Crippen LogP contribution in [0.4, 0.5) is 4.39 Å².